The van der Waals surface area contributed by atoms with Crippen LogP contribution in [0.15, 0.2) is 12.1 Å². The maximum Gasteiger partial charge on any atom is 0.314 e. The van der Waals surface area contributed by atoms with E-state index in [1.807, 2.05) is 0 Å². The minimum absolute atomic E-state index is 0.0194. The SMILES string of the molecule is COc1c(N)cc(C#N)cc1[N+](=O)[O-]. The van der Waals surface area contributed by atoms with Crippen LogP contribution in [0.2, 0.25) is 0 Å². The molecule has 0 heterocycles. The van der Waals surface area contributed by atoms with E-state index in [1.165, 1.54) is 13.2 Å². The third-order valence-electron chi connectivity index (χ3n) is 1.63. The number of nitrogens with zero attached hydrogens (tertiary/aromatic N) is 2. The fourth-order valence-electron chi connectivity index (χ4n) is 1.06. The maximum absolute atomic E-state index is 10.6. The number of anilines is 1. The Kier molecular flexibility index (Phi) is 2.53. The van der Waals surface area contributed by atoms with E-state index in [9.17, 15) is 10.1 Å². The second-order valence-electron chi connectivity index (χ2n) is 2.49. The Labute approximate surface area is 79.7 Å². The highest BCUT2D eigenvalue weighted by Gasteiger charge is 2.18. The van der Waals surface area contributed by atoms with Crippen molar-refractivity contribution >= 4 is 11.4 Å². The van der Waals surface area contributed by atoms with Gasteiger partial charge in [-0.2, -0.15) is 5.26 Å². The van der Waals surface area contributed by atoms with Gasteiger partial charge in [-0.3, -0.25) is 10.1 Å². The normalized spacial score (nSPS) is 9.14. The highest BCUT2D eigenvalue weighted by atomic mass is 16.6. The molecule has 0 saturated carbocycles. The molecule has 0 aromatic heterocycles. The predicted octanol–water partition coefficient (Wildman–Crippen LogP) is 1.06. The number of hydrogen-bond acceptors (Lipinski definition) is 5. The van der Waals surface area contributed by atoms with Crippen molar-refractivity contribution in [3.05, 3.63) is 27.8 Å². The van der Waals surface area contributed by atoms with Gasteiger partial charge in [0.2, 0.25) is 5.75 Å². The number of nitro benzene ring substituents is 1. The summed E-state index contributed by atoms with van der Waals surface area (Å²) < 4.78 is 4.76. The standard InChI is InChI=1S/C8H7N3O3/c1-14-8-6(10)2-5(4-9)3-7(8)11(12)13/h2-3H,10H2,1H3. The molecule has 14 heavy (non-hydrogen) atoms. The molecule has 0 fully saturated rings. The second-order valence-corrected chi connectivity index (χ2v) is 2.49. The number of benzene rings is 1. The van der Waals surface area contributed by atoms with Crippen LogP contribution in [0, 0.1) is 21.4 Å². The van der Waals surface area contributed by atoms with Crippen LogP contribution in [0.4, 0.5) is 11.4 Å². The Bertz CT molecular complexity index is 423. The van der Waals surface area contributed by atoms with E-state index in [0.717, 1.165) is 6.07 Å². The summed E-state index contributed by atoms with van der Waals surface area (Å²) in [5.74, 6) is -0.0194. The van der Waals surface area contributed by atoms with Crippen LogP contribution in [-0.2, 0) is 0 Å². The summed E-state index contributed by atoms with van der Waals surface area (Å²) in [6.07, 6.45) is 0. The summed E-state index contributed by atoms with van der Waals surface area (Å²) in [6.45, 7) is 0. The highest BCUT2D eigenvalue weighted by Crippen LogP contribution is 2.33. The second kappa shape index (κ2) is 3.62. The first-order chi connectivity index (χ1) is 6.60. The number of nitrogens with two attached hydrogens (primary N) is 1. The summed E-state index contributed by atoms with van der Waals surface area (Å²) in [5.41, 5.74) is 5.38. The van der Waals surface area contributed by atoms with Gasteiger partial charge in [-0.15, -0.1) is 0 Å². The smallest absolute Gasteiger partial charge is 0.314 e. The number of hydrogen-bond donors (Lipinski definition) is 1. The summed E-state index contributed by atoms with van der Waals surface area (Å²) in [7, 11) is 1.28. The Morgan fingerprint density at radius 1 is 1.64 bits per heavy atom. The Morgan fingerprint density at radius 3 is 2.71 bits per heavy atom. The fraction of sp³-hybridized carbons (Fsp3) is 0.125. The van der Waals surface area contributed by atoms with Gasteiger partial charge >= 0.3 is 5.69 Å². The zero-order valence-corrected chi connectivity index (χ0v) is 7.35. The number of rotatable bonds is 2. The molecule has 1 aromatic carbocycles. The van der Waals surface area contributed by atoms with Gasteiger partial charge in [0, 0.05) is 6.07 Å². The van der Waals surface area contributed by atoms with Crippen molar-refractivity contribution in [1.29, 1.82) is 5.26 Å². The molecular weight excluding hydrogens is 186 g/mol. The van der Waals surface area contributed by atoms with E-state index in [2.05, 4.69) is 0 Å². The van der Waals surface area contributed by atoms with Crippen LogP contribution in [0.3, 0.4) is 0 Å². The van der Waals surface area contributed by atoms with Crippen molar-refractivity contribution in [3.8, 4) is 11.8 Å². The third-order valence-corrected chi connectivity index (χ3v) is 1.63. The minimum atomic E-state index is -0.643. The molecule has 6 nitrogen and oxygen atoms in total. The molecule has 2 N–H and O–H groups in total. The lowest BCUT2D eigenvalue weighted by Gasteiger charge is -2.04. The zero-order chi connectivity index (χ0) is 10.7. The van der Waals surface area contributed by atoms with Crippen molar-refractivity contribution in [2.24, 2.45) is 0 Å². The lowest BCUT2D eigenvalue weighted by molar-refractivity contribution is -0.385. The molecular formula is C8H7N3O3. The quantitative estimate of drug-likeness (QED) is 0.429. The number of ether oxygens (including phenoxy) is 1. The van der Waals surface area contributed by atoms with E-state index in [1.54, 1.807) is 6.07 Å². The fourth-order valence-corrected chi connectivity index (χ4v) is 1.06. The van der Waals surface area contributed by atoms with E-state index >= 15 is 0 Å². The Balaban J connectivity index is 3.45. The molecule has 0 unspecified atom stereocenters. The monoisotopic (exact) mass is 193 g/mol. The van der Waals surface area contributed by atoms with Gasteiger partial charge < -0.3 is 10.5 Å². The van der Waals surface area contributed by atoms with Gasteiger partial charge in [0.25, 0.3) is 0 Å². The van der Waals surface area contributed by atoms with Gasteiger partial charge in [0.05, 0.1) is 29.4 Å². The average Bonchev–Trinajstić information content (AvgIpc) is 2.16. The van der Waals surface area contributed by atoms with Crippen LogP contribution >= 0.6 is 0 Å². The first-order valence-electron chi connectivity index (χ1n) is 3.62. The zero-order valence-electron chi connectivity index (χ0n) is 7.35. The number of nitrogen functional groups attached to an aromatic ring is 1. The molecule has 0 radical (unpaired) electrons. The highest BCUT2D eigenvalue weighted by molar-refractivity contribution is 5.67. The minimum Gasteiger partial charge on any atom is -0.489 e. The average molecular weight is 193 g/mol. The van der Waals surface area contributed by atoms with Crippen molar-refractivity contribution in [2.75, 3.05) is 12.8 Å². The summed E-state index contributed by atoms with van der Waals surface area (Å²) >= 11 is 0. The molecule has 0 aliphatic rings. The molecule has 0 atom stereocenters. The van der Waals surface area contributed by atoms with Crippen LogP contribution in [-0.4, -0.2) is 12.0 Å². The first-order valence-corrected chi connectivity index (χ1v) is 3.62. The van der Waals surface area contributed by atoms with Crippen molar-refractivity contribution in [1.82, 2.24) is 0 Å². The molecule has 1 aromatic rings. The first kappa shape index (κ1) is 9.80. The third kappa shape index (κ3) is 1.56. The van der Waals surface area contributed by atoms with Crippen LogP contribution < -0.4 is 10.5 Å². The Hall–Kier alpha value is -2.29. The molecule has 0 aliphatic carbocycles. The van der Waals surface area contributed by atoms with Gasteiger partial charge in [-0.1, -0.05) is 0 Å². The summed E-state index contributed by atoms with van der Waals surface area (Å²) in [6, 6.07) is 4.22. The van der Waals surface area contributed by atoms with Gasteiger partial charge in [-0.25, -0.2) is 0 Å². The summed E-state index contributed by atoms with van der Waals surface area (Å²) in [4.78, 5) is 9.92. The van der Waals surface area contributed by atoms with Crippen LogP contribution in [0.5, 0.6) is 5.75 Å². The molecule has 72 valence electrons. The van der Waals surface area contributed by atoms with E-state index < -0.39 is 4.92 Å². The largest absolute Gasteiger partial charge is 0.489 e. The molecule has 1 rings (SSSR count). The van der Waals surface area contributed by atoms with Crippen molar-refractivity contribution in [2.45, 2.75) is 0 Å². The van der Waals surface area contributed by atoms with Gasteiger partial charge in [0.1, 0.15) is 0 Å². The maximum atomic E-state index is 10.6. The van der Waals surface area contributed by atoms with Crippen molar-refractivity contribution < 1.29 is 9.66 Å². The molecule has 0 spiro atoms. The van der Waals surface area contributed by atoms with Gasteiger partial charge in [-0.05, 0) is 6.07 Å². The number of nitriles is 1. The molecule has 0 aliphatic heterocycles. The van der Waals surface area contributed by atoms with E-state index in [4.69, 9.17) is 15.7 Å². The molecule has 0 bridgehead atoms. The molecule has 6 heteroatoms. The van der Waals surface area contributed by atoms with E-state index in [-0.39, 0.29) is 22.7 Å². The lowest BCUT2D eigenvalue weighted by atomic mass is 10.2. The van der Waals surface area contributed by atoms with Crippen LogP contribution in [0.1, 0.15) is 5.56 Å². The topological polar surface area (TPSA) is 102 Å². The van der Waals surface area contributed by atoms with Gasteiger partial charge in [0.15, 0.2) is 0 Å². The predicted molar refractivity (Wildman–Crippen MR) is 48.8 cm³/mol. The molecule has 0 saturated heterocycles. The van der Waals surface area contributed by atoms with Crippen molar-refractivity contribution in [3.63, 3.8) is 0 Å². The lowest BCUT2D eigenvalue weighted by Crippen LogP contribution is -1.99. The number of methoxy groups -OCH3 is 1. The van der Waals surface area contributed by atoms with E-state index in [0.29, 0.717) is 0 Å². The summed E-state index contributed by atoms with van der Waals surface area (Å²) in [5, 5.41) is 19.1. The Morgan fingerprint density at radius 2 is 2.29 bits per heavy atom. The van der Waals surface area contributed by atoms with Crippen LogP contribution in [0.25, 0.3) is 0 Å². The number of nitro groups is 1. The molecule has 0 amide bonds.